The van der Waals surface area contributed by atoms with Gasteiger partial charge in [-0.3, -0.25) is 9.59 Å². The van der Waals surface area contributed by atoms with Crippen LogP contribution in [0.2, 0.25) is 0 Å². The van der Waals surface area contributed by atoms with E-state index < -0.39 is 5.82 Å². The molecule has 0 saturated carbocycles. The molecule has 0 saturated heterocycles. The van der Waals surface area contributed by atoms with Gasteiger partial charge in [0.05, 0.1) is 10.9 Å². The minimum Gasteiger partial charge on any atom is -0.488 e. The van der Waals surface area contributed by atoms with E-state index in [2.05, 4.69) is 0 Å². The summed E-state index contributed by atoms with van der Waals surface area (Å²) < 4.78 is 19.9. The number of halogens is 1. The Bertz CT molecular complexity index is 1100. The van der Waals surface area contributed by atoms with Gasteiger partial charge in [-0.15, -0.1) is 22.7 Å². The standard InChI is InChI=1S/C25H27FN2O3S2/c1-3-17(2)28(25(30)23-9-6-13-32-23)15-24(29)27-12-10-22-18(11-14-33-22)20(27)16-31-21-8-5-4-7-19(21)26/h4-9,11,13-14,17,20H,3,10,12,15-16H2,1-2H3/t17-,20+/m0/s1. The average Bonchev–Trinajstić information content (AvgIpc) is 3.53. The second-order valence-corrected chi connectivity index (χ2v) is 10.0. The van der Waals surface area contributed by atoms with Crippen molar-refractivity contribution in [3.05, 3.63) is 74.4 Å². The maximum atomic E-state index is 14.1. The summed E-state index contributed by atoms with van der Waals surface area (Å²) in [6.45, 7) is 4.66. The fourth-order valence-electron chi connectivity index (χ4n) is 4.03. The fraction of sp³-hybridized carbons (Fsp3) is 0.360. The number of benzene rings is 1. The molecule has 8 heteroatoms. The number of rotatable bonds is 8. The van der Waals surface area contributed by atoms with E-state index in [1.54, 1.807) is 45.4 Å². The molecule has 1 aromatic carbocycles. The maximum absolute atomic E-state index is 14.1. The molecule has 4 rings (SSSR count). The molecule has 3 aromatic rings. The minimum absolute atomic E-state index is 0.00140. The summed E-state index contributed by atoms with van der Waals surface area (Å²) >= 11 is 3.04. The molecule has 174 valence electrons. The van der Waals surface area contributed by atoms with Crippen LogP contribution in [0.3, 0.4) is 0 Å². The van der Waals surface area contributed by atoms with E-state index in [0.717, 1.165) is 18.4 Å². The first-order valence-corrected chi connectivity index (χ1v) is 12.8. The number of para-hydroxylation sites is 1. The van der Waals surface area contributed by atoms with Gasteiger partial charge in [0.2, 0.25) is 5.91 Å². The number of amides is 2. The quantitative estimate of drug-likeness (QED) is 0.429. The van der Waals surface area contributed by atoms with Crippen LogP contribution in [-0.4, -0.2) is 47.4 Å². The van der Waals surface area contributed by atoms with Crippen LogP contribution in [0.1, 0.15) is 46.4 Å². The Hall–Kier alpha value is -2.71. The lowest BCUT2D eigenvalue weighted by atomic mass is 10.00. The Kier molecular flexibility index (Phi) is 7.45. The highest BCUT2D eigenvalue weighted by Gasteiger charge is 2.34. The largest absolute Gasteiger partial charge is 0.488 e. The van der Waals surface area contributed by atoms with Crippen molar-refractivity contribution >= 4 is 34.5 Å². The summed E-state index contributed by atoms with van der Waals surface area (Å²) in [6, 6.07) is 11.5. The van der Waals surface area contributed by atoms with Crippen LogP contribution in [0, 0.1) is 5.82 Å². The molecule has 0 aliphatic carbocycles. The van der Waals surface area contributed by atoms with Crippen LogP contribution in [0.15, 0.2) is 53.2 Å². The van der Waals surface area contributed by atoms with E-state index in [-0.39, 0.29) is 42.8 Å². The van der Waals surface area contributed by atoms with Crippen molar-refractivity contribution in [1.82, 2.24) is 9.80 Å². The Morgan fingerprint density at radius 2 is 2.00 bits per heavy atom. The highest BCUT2D eigenvalue weighted by Crippen LogP contribution is 2.34. The number of thiophene rings is 2. The van der Waals surface area contributed by atoms with Gasteiger partial charge in [0.1, 0.15) is 13.2 Å². The second-order valence-electron chi connectivity index (χ2n) is 8.06. The molecule has 0 radical (unpaired) electrons. The van der Waals surface area contributed by atoms with E-state index >= 15 is 0 Å². The molecule has 2 amide bonds. The van der Waals surface area contributed by atoms with Gasteiger partial charge in [-0.1, -0.05) is 25.1 Å². The van der Waals surface area contributed by atoms with Crippen molar-refractivity contribution in [2.24, 2.45) is 0 Å². The number of hydrogen-bond donors (Lipinski definition) is 0. The Balaban J connectivity index is 1.55. The average molecular weight is 487 g/mol. The van der Waals surface area contributed by atoms with E-state index in [4.69, 9.17) is 4.74 Å². The van der Waals surface area contributed by atoms with Crippen molar-refractivity contribution in [3.8, 4) is 5.75 Å². The van der Waals surface area contributed by atoms with E-state index in [1.165, 1.54) is 22.3 Å². The number of ether oxygens (including phenoxy) is 1. The third-order valence-corrected chi connectivity index (χ3v) is 7.92. The summed E-state index contributed by atoms with van der Waals surface area (Å²) in [5.74, 6) is -0.512. The lowest BCUT2D eigenvalue weighted by Crippen LogP contribution is -2.49. The van der Waals surface area contributed by atoms with Gasteiger partial charge in [-0.2, -0.15) is 0 Å². The fourth-order valence-corrected chi connectivity index (χ4v) is 5.64. The SMILES string of the molecule is CC[C@H](C)N(CC(=O)N1CCc2sccc2[C@H]1COc1ccccc1F)C(=O)c1cccs1. The van der Waals surface area contributed by atoms with Gasteiger partial charge in [0, 0.05) is 17.5 Å². The number of fused-ring (bicyclic) bond motifs is 1. The van der Waals surface area contributed by atoms with E-state index in [1.807, 2.05) is 36.7 Å². The van der Waals surface area contributed by atoms with Crippen molar-refractivity contribution < 1.29 is 18.7 Å². The molecule has 33 heavy (non-hydrogen) atoms. The first kappa shape index (κ1) is 23.4. The van der Waals surface area contributed by atoms with Crippen LogP contribution in [-0.2, 0) is 11.2 Å². The first-order chi connectivity index (χ1) is 16.0. The molecule has 0 N–H and O–H groups in total. The number of carbonyl (C=O) groups excluding carboxylic acids is 2. The number of carbonyl (C=O) groups is 2. The first-order valence-electron chi connectivity index (χ1n) is 11.1. The maximum Gasteiger partial charge on any atom is 0.264 e. The van der Waals surface area contributed by atoms with Crippen LogP contribution < -0.4 is 4.74 Å². The molecule has 0 spiro atoms. The molecule has 3 heterocycles. The Morgan fingerprint density at radius 1 is 1.18 bits per heavy atom. The van der Waals surface area contributed by atoms with Crippen LogP contribution in [0.4, 0.5) is 4.39 Å². The molecular weight excluding hydrogens is 459 g/mol. The summed E-state index contributed by atoms with van der Waals surface area (Å²) in [6.07, 6.45) is 1.51. The van der Waals surface area contributed by atoms with Gasteiger partial charge in [-0.05, 0) is 60.4 Å². The summed E-state index contributed by atoms with van der Waals surface area (Å²) in [5, 5.41) is 3.88. The minimum atomic E-state index is -0.429. The Labute approximate surface area is 201 Å². The summed E-state index contributed by atoms with van der Waals surface area (Å²) in [7, 11) is 0. The second kappa shape index (κ2) is 10.5. The van der Waals surface area contributed by atoms with Gasteiger partial charge < -0.3 is 14.5 Å². The Morgan fingerprint density at radius 3 is 2.73 bits per heavy atom. The highest BCUT2D eigenvalue weighted by molar-refractivity contribution is 7.12. The smallest absolute Gasteiger partial charge is 0.264 e. The molecule has 2 atom stereocenters. The van der Waals surface area contributed by atoms with Gasteiger partial charge in [-0.25, -0.2) is 4.39 Å². The molecule has 1 aliphatic heterocycles. The number of nitrogens with zero attached hydrogens (tertiary/aromatic N) is 2. The van der Waals surface area contributed by atoms with Crippen LogP contribution in [0.5, 0.6) is 5.75 Å². The molecule has 0 fully saturated rings. The van der Waals surface area contributed by atoms with Crippen LogP contribution in [0.25, 0.3) is 0 Å². The topological polar surface area (TPSA) is 49.9 Å². The van der Waals surface area contributed by atoms with E-state index in [9.17, 15) is 14.0 Å². The molecule has 1 aliphatic rings. The summed E-state index contributed by atoms with van der Waals surface area (Å²) in [4.78, 5) is 31.9. The van der Waals surface area contributed by atoms with Crippen molar-refractivity contribution in [3.63, 3.8) is 0 Å². The normalized spacial score (nSPS) is 16.2. The summed E-state index contributed by atoms with van der Waals surface area (Å²) in [5.41, 5.74) is 1.04. The van der Waals surface area contributed by atoms with Crippen LogP contribution >= 0.6 is 22.7 Å². The zero-order valence-electron chi connectivity index (χ0n) is 18.7. The third-order valence-electron chi connectivity index (χ3n) is 6.07. The molecule has 5 nitrogen and oxygen atoms in total. The predicted octanol–water partition coefficient (Wildman–Crippen LogP) is 5.39. The van der Waals surface area contributed by atoms with Gasteiger partial charge >= 0.3 is 0 Å². The molecule has 0 bridgehead atoms. The highest BCUT2D eigenvalue weighted by atomic mass is 32.1. The van der Waals surface area contributed by atoms with Gasteiger partial charge in [0.15, 0.2) is 11.6 Å². The molecular formula is C25H27FN2O3S2. The third kappa shape index (κ3) is 5.12. The predicted molar refractivity (Wildman–Crippen MR) is 129 cm³/mol. The van der Waals surface area contributed by atoms with E-state index in [0.29, 0.717) is 11.4 Å². The lowest BCUT2D eigenvalue weighted by Gasteiger charge is -2.38. The molecule has 0 unspecified atom stereocenters. The molecule has 2 aromatic heterocycles. The van der Waals surface area contributed by atoms with Crippen molar-refractivity contribution in [1.29, 1.82) is 0 Å². The zero-order chi connectivity index (χ0) is 23.4. The zero-order valence-corrected chi connectivity index (χ0v) is 20.3. The van der Waals surface area contributed by atoms with Crippen molar-refractivity contribution in [2.75, 3.05) is 19.7 Å². The van der Waals surface area contributed by atoms with Crippen molar-refractivity contribution in [2.45, 2.75) is 38.8 Å². The monoisotopic (exact) mass is 486 g/mol. The van der Waals surface area contributed by atoms with Gasteiger partial charge in [0.25, 0.3) is 5.91 Å². The number of hydrogen-bond acceptors (Lipinski definition) is 5. The lowest BCUT2D eigenvalue weighted by molar-refractivity contribution is -0.136.